The first-order valence-electron chi connectivity index (χ1n) is 6.24. The van der Waals surface area contributed by atoms with Gasteiger partial charge in [0.1, 0.15) is 19.0 Å². The number of benzene rings is 1. The molecule has 19 heavy (non-hydrogen) atoms. The number of nitrogens with zero attached hydrogens (tertiary/aromatic N) is 2. The van der Waals surface area contributed by atoms with Crippen LogP contribution < -0.4 is 14.8 Å². The summed E-state index contributed by atoms with van der Waals surface area (Å²) in [6.07, 6.45) is 0.912. The average Bonchev–Trinajstić information content (AvgIpc) is 2.84. The van der Waals surface area contributed by atoms with Gasteiger partial charge in [0.25, 0.3) is 0 Å². The van der Waals surface area contributed by atoms with Gasteiger partial charge in [-0.25, -0.2) is 4.98 Å². The monoisotopic (exact) mass is 277 g/mol. The molecule has 6 heteroatoms. The predicted molar refractivity (Wildman–Crippen MR) is 74.3 cm³/mol. The number of hydrogen-bond acceptors (Lipinski definition) is 6. The molecule has 0 aliphatic carbocycles. The minimum atomic E-state index is 0.624. The molecule has 1 N–H and O–H groups in total. The largest absolute Gasteiger partial charge is 0.486 e. The number of aromatic nitrogens is 2. The van der Waals surface area contributed by atoms with Crippen molar-refractivity contribution in [2.75, 3.05) is 25.1 Å². The Labute approximate surface area is 115 Å². The van der Waals surface area contributed by atoms with Crippen LogP contribution in [0.25, 0.3) is 0 Å². The summed E-state index contributed by atoms with van der Waals surface area (Å²) in [5, 5.41) is 4.14. The third kappa shape index (κ3) is 2.96. The molecule has 0 fully saturated rings. The highest BCUT2D eigenvalue weighted by Crippen LogP contribution is 2.30. The molecule has 2 aromatic rings. The van der Waals surface area contributed by atoms with Gasteiger partial charge in [0.05, 0.1) is 0 Å². The Morgan fingerprint density at radius 3 is 2.89 bits per heavy atom. The van der Waals surface area contributed by atoms with Gasteiger partial charge >= 0.3 is 0 Å². The van der Waals surface area contributed by atoms with Crippen molar-refractivity contribution in [2.24, 2.45) is 0 Å². The zero-order valence-electron chi connectivity index (χ0n) is 10.7. The van der Waals surface area contributed by atoms with Gasteiger partial charge in [0, 0.05) is 18.1 Å². The van der Waals surface area contributed by atoms with E-state index in [2.05, 4.69) is 20.7 Å². The van der Waals surface area contributed by atoms with E-state index in [0.29, 0.717) is 13.2 Å². The fourth-order valence-electron chi connectivity index (χ4n) is 1.93. The zero-order chi connectivity index (χ0) is 13.1. The van der Waals surface area contributed by atoms with Gasteiger partial charge in [0.2, 0.25) is 5.13 Å². The molecule has 5 nitrogen and oxygen atoms in total. The van der Waals surface area contributed by atoms with Crippen molar-refractivity contribution in [3.63, 3.8) is 0 Å². The van der Waals surface area contributed by atoms with E-state index in [0.717, 1.165) is 35.4 Å². The van der Waals surface area contributed by atoms with Crippen LogP contribution >= 0.6 is 11.5 Å². The quantitative estimate of drug-likeness (QED) is 0.929. The van der Waals surface area contributed by atoms with E-state index in [1.165, 1.54) is 17.1 Å². The average molecular weight is 277 g/mol. The lowest BCUT2D eigenvalue weighted by Crippen LogP contribution is -2.15. The minimum absolute atomic E-state index is 0.624. The molecule has 2 heterocycles. The van der Waals surface area contributed by atoms with Crippen molar-refractivity contribution in [3.8, 4) is 11.5 Å². The highest BCUT2D eigenvalue weighted by atomic mass is 32.1. The summed E-state index contributed by atoms with van der Waals surface area (Å²) >= 11 is 1.39. The van der Waals surface area contributed by atoms with Gasteiger partial charge in [-0.15, -0.1) is 0 Å². The Hall–Kier alpha value is -1.82. The minimum Gasteiger partial charge on any atom is -0.486 e. The maximum Gasteiger partial charge on any atom is 0.202 e. The Morgan fingerprint density at radius 2 is 2.11 bits per heavy atom. The molecule has 100 valence electrons. The van der Waals surface area contributed by atoms with Crippen molar-refractivity contribution in [2.45, 2.75) is 13.3 Å². The van der Waals surface area contributed by atoms with E-state index in [-0.39, 0.29) is 0 Å². The van der Waals surface area contributed by atoms with E-state index in [9.17, 15) is 0 Å². The van der Waals surface area contributed by atoms with Crippen LogP contribution in [-0.2, 0) is 6.42 Å². The Morgan fingerprint density at radius 1 is 1.26 bits per heavy atom. The fourth-order valence-corrected chi connectivity index (χ4v) is 2.52. The summed E-state index contributed by atoms with van der Waals surface area (Å²) in [5.41, 5.74) is 1.22. The SMILES string of the molecule is Cc1nsc(NCCc2ccc3c(c2)OCCO3)n1. The highest BCUT2D eigenvalue weighted by Gasteiger charge is 2.11. The summed E-state index contributed by atoms with van der Waals surface area (Å²) < 4.78 is 15.2. The molecule has 1 aliphatic heterocycles. The van der Waals surface area contributed by atoms with Gasteiger partial charge in [0.15, 0.2) is 11.5 Å². The third-order valence-corrected chi connectivity index (χ3v) is 3.59. The summed E-state index contributed by atoms with van der Waals surface area (Å²) in [7, 11) is 0. The van der Waals surface area contributed by atoms with Gasteiger partial charge in [-0.05, 0) is 31.0 Å². The number of hydrogen-bond donors (Lipinski definition) is 1. The van der Waals surface area contributed by atoms with E-state index in [4.69, 9.17) is 9.47 Å². The molecule has 0 radical (unpaired) electrons. The number of aryl methyl sites for hydroxylation is 1. The van der Waals surface area contributed by atoms with E-state index < -0.39 is 0 Å². The molecule has 1 aliphatic rings. The zero-order valence-corrected chi connectivity index (χ0v) is 11.5. The molecular weight excluding hydrogens is 262 g/mol. The van der Waals surface area contributed by atoms with Crippen LogP contribution in [0, 0.1) is 6.92 Å². The van der Waals surface area contributed by atoms with Crippen LogP contribution in [0.2, 0.25) is 0 Å². The second-order valence-electron chi connectivity index (χ2n) is 4.30. The summed E-state index contributed by atoms with van der Waals surface area (Å²) in [6.45, 7) is 3.97. The predicted octanol–water partition coefficient (Wildman–Crippen LogP) is 2.27. The maximum atomic E-state index is 5.57. The number of anilines is 1. The van der Waals surface area contributed by atoms with E-state index >= 15 is 0 Å². The van der Waals surface area contributed by atoms with Gasteiger partial charge in [-0.3, -0.25) is 0 Å². The molecule has 0 saturated heterocycles. The van der Waals surface area contributed by atoms with Gasteiger partial charge < -0.3 is 14.8 Å². The van der Waals surface area contributed by atoms with Crippen molar-refractivity contribution < 1.29 is 9.47 Å². The molecule has 3 rings (SSSR count). The first kappa shape index (κ1) is 12.2. The summed E-state index contributed by atoms with van der Waals surface area (Å²) in [6, 6.07) is 6.08. The van der Waals surface area contributed by atoms with Crippen LogP contribution in [-0.4, -0.2) is 29.1 Å². The second kappa shape index (κ2) is 5.44. The smallest absolute Gasteiger partial charge is 0.202 e. The first-order chi connectivity index (χ1) is 9.31. The van der Waals surface area contributed by atoms with Crippen molar-refractivity contribution in [3.05, 3.63) is 29.6 Å². The van der Waals surface area contributed by atoms with Crippen molar-refractivity contribution in [1.29, 1.82) is 0 Å². The normalized spacial score (nSPS) is 13.3. The number of fused-ring (bicyclic) bond motifs is 1. The Kier molecular flexibility index (Phi) is 3.50. The van der Waals surface area contributed by atoms with Gasteiger partial charge in [-0.2, -0.15) is 4.37 Å². The molecule has 1 aromatic heterocycles. The molecule has 0 unspecified atom stereocenters. The topological polar surface area (TPSA) is 56.3 Å². The van der Waals surface area contributed by atoms with E-state index in [1.54, 1.807) is 0 Å². The number of rotatable bonds is 4. The lowest BCUT2D eigenvalue weighted by molar-refractivity contribution is 0.171. The van der Waals surface area contributed by atoms with Crippen LogP contribution in [0.5, 0.6) is 11.5 Å². The van der Waals surface area contributed by atoms with Crippen molar-refractivity contribution in [1.82, 2.24) is 9.36 Å². The maximum absolute atomic E-state index is 5.57. The second-order valence-corrected chi connectivity index (χ2v) is 5.05. The molecule has 1 aromatic carbocycles. The van der Waals surface area contributed by atoms with Crippen LogP contribution in [0.3, 0.4) is 0 Å². The van der Waals surface area contributed by atoms with Gasteiger partial charge in [-0.1, -0.05) is 6.07 Å². The fraction of sp³-hybridized carbons (Fsp3) is 0.385. The summed E-state index contributed by atoms with van der Waals surface area (Å²) in [4.78, 5) is 4.26. The van der Waals surface area contributed by atoms with Crippen LogP contribution in [0.4, 0.5) is 5.13 Å². The molecule has 0 amide bonds. The summed E-state index contributed by atoms with van der Waals surface area (Å²) in [5.74, 6) is 2.49. The van der Waals surface area contributed by atoms with E-state index in [1.807, 2.05) is 19.1 Å². The molecule has 0 atom stereocenters. The van der Waals surface area contributed by atoms with Crippen LogP contribution in [0.15, 0.2) is 18.2 Å². The third-order valence-electron chi connectivity index (χ3n) is 2.82. The standard InChI is InChI=1S/C13H15N3O2S/c1-9-15-13(19-16-9)14-5-4-10-2-3-11-12(8-10)18-7-6-17-11/h2-3,8H,4-7H2,1H3,(H,14,15,16). The first-order valence-corrected chi connectivity index (χ1v) is 7.01. The number of nitrogens with one attached hydrogen (secondary N) is 1. The number of ether oxygens (including phenoxy) is 2. The molecule has 0 bridgehead atoms. The molecule has 0 saturated carbocycles. The lowest BCUT2D eigenvalue weighted by Gasteiger charge is -2.18. The van der Waals surface area contributed by atoms with Crippen LogP contribution in [0.1, 0.15) is 11.4 Å². The van der Waals surface area contributed by atoms with Crippen molar-refractivity contribution >= 4 is 16.7 Å². The highest BCUT2D eigenvalue weighted by molar-refractivity contribution is 7.09. The Balaban J connectivity index is 1.58. The lowest BCUT2D eigenvalue weighted by atomic mass is 10.1. The molecular formula is C13H15N3O2S. The molecule has 0 spiro atoms. The Bertz CT molecular complexity index is 571.